The van der Waals surface area contributed by atoms with Gasteiger partial charge in [0.15, 0.2) is 5.82 Å². The zero-order valence-corrected chi connectivity index (χ0v) is 17.1. The summed E-state index contributed by atoms with van der Waals surface area (Å²) in [7, 11) is -2.55. The minimum absolute atomic E-state index is 0.0173. The summed E-state index contributed by atoms with van der Waals surface area (Å²) in [6.07, 6.45) is 0.393. The lowest BCUT2D eigenvalue weighted by atomic mass is 10.4. The minimum atomic E-state index is -4.06. The zero-order valence-electron chi connectivity index (χ0n) is 14.7. The number of carbonyl (C=O) groups excluding carboxylic acids is 1. The number of benzene rings is 1. The Morgan fingerprint density at radius 2 is 2.07 bits per heavy atom. The number of nitrogens with zero attached hydrogens (tertiary/aromatic N) is 2. The molecule has 0 aliphatic carbocycles. The minimum Gasteiger partial charge on any atom is -0.385 e. The Morgan fingerprint density at radius 3 is 2.70 bits per heavy atom. The molecular formula is C16H19Cl2N3O5S. The second-order valence-corrected chi connectivity index (χ2v) is 8.38. The van der Waals surface area contributed by atoms with E-state index in [0.717, 1.165) is 4.31 Å². The van der Waals surface area contributed by atoms with Gasteiger partial charge in [-0.2, -0.15) is 4.31 Å². The molecule has 11 heteroatoms. The van der Waals surface area contributed by atoms with Crippen molar-refractivity contribution < 1.29 is 22.5 Å². The molecule has 27 heavy (non-hydrogen) atoms. The van der Waals surface area contributed by atoms with Crippen LogP contribution in [0.15, 0.2) is 33.7 Å². The molecule has 0 bridgehead atoms. The largest absolute Gasteiger partial charge is 0.385 e. The molecule has 0 fully saturated rings. The van der Waals surface area contributed by atoms with Crippen molar-refractivity contribution in [3.8, 4) is 0 Å². The Labute approximate surface area is 167 Å². The number of halogens is 2. The molecule has 1 heterocycles. The van der Waals surface area contributed by atoms with Gasteiger partial charge in [-0.25, -0.2) is 8.42 Å². The highest BCUT2D eigenvalue weighted by Gasteiger charge is 2.29. The molecule has 0 atom stereocenters. The monoisotopic (exact) mass is 435 g/mol. The van der Waals surface area contributed by atoms with Gasteiger partial charge in [-0.05, 0) is 31.5 Å². The van der Waals surface area contributed by atoms with Crippen molar-refractivity contribution >= 4 is 45.0 Å². The molecule has 0 radical (unpaired) electrons. The normalized spacial score (nSPS) is 11.7. The molecule has 0 saturated carbocycles. The molecule has 0 aliphatic rings. The Hall–Kier alpha value is -1.65. The van der Waals surface area contributed by atoms with Gasteiger partial charge >= 0.3 is 0 Å². The Morgan fingerprint density at radius 1 is 1.33 bits per heavy atom. The van der Waals surface area contributed by atoms with Crippen LogP contribution in [0.2, 0.25) is 10.0 Å². The van der Waals surface area contributed by atoms with E-state index in [2.05, 4.69) is 10.5 Å². The van der Waals surface area contributed by atoms with Crippen molar-refractivity contribution in [2.75, 3.05) is 32.1 Å². The van der Waals surface area contributed by atoms with Gasteiger partial charge in [-0.3, -0.25) is 4.79 Å². The maximum absolute atomic E-state index is 13.0. The first kappa shape index (κ1) is 21.6. The van der Waals surface area contributed by atoms with E-state index >= 15 is 0 Å². The average Bonchev–Trinajstić information content (AvgIpc) is 3.00. The molecule has 1 aromatic heterocycles. The maximum Gasteiger partial charge on any atom is 0.245 e. The third-order valence-electron chi connectivity index (χ3n) is 3.48. The number of sulfonamides is 1. The molecule has 0 spiro atoms. The van der Waals surface area contributed by atoms with Crippen molar-refractivity contribution in [2.45, 2.75) is 18.2 Å². The van der Waals surface area contributed by atoms with Crippen LogP contribution in [0.4, 0.5) is 5.82 Å². The van der Waals surface area contributed by atoms with Crippen LogP contribution in [0.25, 0.3) is 0 Å². The predicted octanol–water partition coefficient (Wildman–Crippen LogP) is 2.96. The molecule has 0 saturated heterocycles. The van der Waals surface area contributed by atoms with E-state index in [1.54, 1.807) is 6.92 Å². The summed E-state index contributed by atoms with van der Waals surface area (Å²) in [5.41, 5.74) is 0. The summed E-state index contributed by atoms with van der Waals surface area (Å²) in [6, 6.07) is 5.65. The summed E-state index contributed by atoms with van der Waals surface area (Å²) in [5, 5.41) is 6.38. The third kappa shape index (κ3) is 5.91. The number of amides is 1. The van der Waals surface area contributed by atoms with Crippen molar-refractivity contribution in [1.29, 1.82) is 0 Å². The van der Waals surface area contributed by atoms with E-state index in [9.17, 15) is 13.2 Å². The van der Waals surface area contributed by atoms with Gasteiger partial charge in [0.1, 0.15) is 10.7 Å². The van der Waals surface area contributed by atoms with Gasteiger partial charge in [-0.1, -0.05) is 28.4 Å². The van der Waals surface area contributed by atoms with Crippen LogP contribution >= 0.6 is 23.2 Å². The summed E-state index contributed by atoms with van der Waals surface area (Å²) < 4.78 is 36.9. The Bertz CT molecular complexity index is 901. The first-order valence-corrected chi connectivity index (χ1v) is 10.1. The van der Waals surface area contributed by atoms with E-state index in [-0.39, 0.29) is 27.3 Å². The maximum atomic E-state index is 13.0. The van der Waals surface area contributed by atoms with Crippen LogP contribution in [0.1, 0.15) is 12.2 Å². The number of hydrogen-bond donors (Lipinski definition) is 1. The number of methoxy groups -OCH3 is 1. The topological polar surface area (TPSA) is 102 Å². The fourth-order valence-corrected chi connectivity index (χ4v) is 4.42. The van der Waals surface area contributed by atoms with E-state index in [0.29, 0.717) is 18.8 Å². The third-order valence-corrected chi connectivity index (χ3v) is 6.04. The summed E-state index contributed by atoms with van der Waals surface area (Å²) in [4.78, 5) is 12.1. The molecule has 2 aromatic rings. The van der Waals surface area contributed by atoms with Crippen LogP contribution in [-0.4, -0.2) is 50.6 Å². The van der Waals surface area contributed by atoms with Gasteiger partial charge in [0.05, 0.1) is 11.6 Å². The average molecular weight is 436 g/mol. The number of aryl methyl sites for hydroxylation is 1. The van der Waals surface area contributed by atoms with Crippen molar-refractivity contribution in [1.82, 2.24) is 9.46 Å². The lowest BCUT2D eigenvalue weighted by Gasteiger charge is -2.22. The number of ether oxygens (including phenoxy) is 1. The van der Waals surface area contributed by atoms with Crippen LogP contribution < -0.4 is 5.32 Å². The fourth-order valence-electron chi connectivity index (χ4n) is 2.25. The van der Waals surface area contributed by atoms with Gasteiger partial charge < -0.3 is 14.6 Å². The SMILES string of the molecule is COCCCN(CC(=O)Nc1cc(C)on1)S(=O)(=O)c1cc(Cl)ccc1Cl. The predicted molar refractivity (Wildman–Crippen MR) is 102 cm³/mol. The molecule has 1 amide bonds. The van der Waals surface area contributed by atoms with Crippen molar-refractivity contribution in [3.63, 3.8) is 0 Å². The van der Waals surface area contributed by atoms with Gasteiger partial charge in [-0.15, -0.1) is 0 Å². The first-order chi connectivity index (χ1) is 12.7. The number of hydrogen-bond acceptors (Lipinski definition) is 6. The lowest BCUT2D eigenvalue weighted by molar-refractivity contribution is -0.116. The Balaban J connectivity index is 2.24. The van der Waals surface area contributed by atoms with Crippen LogP contribution in [0, 0.1) is 6.92 Å². The molecule has 0 unspecified atom stereocenters. The van der Waals surface area contributed by atoms with Crippen LogP contribution in [0.5, 0.6) is 0 Å². The van der Waals surface area contributed by atoms with Gasteiger partial charge in [0.2, 0.25) is 15.9 Å². The molecule has 1 N–H and O–H groups in total. The zero-order chi connectivity index (χ0) is 20.0. The molecule has 1 aromatic carbocycles. The summed E-state index contributed by atoms with van der Waals surface area (Å²) in [6.45, 7) is 1.63. The van der Waals surface area contributed by atoms with E-state index < -0.39 is 22.5 Å². The van der Waals surface area contributed by atoms with E-state index in [4.69, 9.17) is 32.5 Å². The number of nitrogens with one attached hydrogen (secondary N) is 1. The fraction of sp³-hybridized carbons (Fsp3) is 0.375. The summed E-state index contributed by atoms with van der Waals surface area (Å²) in [5.74, 6) is 0.149. The summed E-state index contributed by atoms with van der Waals surface area (Å²) >= 11 is 12.0. The standard InChI is InChI=1S/C16H19Cl2N3O5S/c1-11-8-15(20-26-11)19-16(22)10-21(6-3-7-25-2)27(23,24)14-9-12(17)4-5-13(14)18/h4-5,8-9H,3,6-7,10H2,1-2H3,(H,19,20,22). The highest BCUT2D eigenvalue weighted by atomic mass is 35.5. The smallest absolute Gasteiger partial charge is 0.245 e. The molecule has 0 aliphatic heterocycles. The highest BCUT2D eigenvalue weighted by molar-refractivity contribution is 7.89. The molecule has 148 valence electrons. The number of anilines is 1. The van der Waals surface area contributed by atoms with E-state index in [1.165, 1.54) is 31.4 Å². The molecule has 2 rings (SSSR count). The van der Waals surface area contributed by atoms with Gasteiger partial charge in [0.25, 0.3) is 0 Å². The quantitative estimate of drug-likeness (QED) is 0.607. The number of rotatable bonds is 9. The van der Waals surface area contributed by atoms with Crippen LogP contribution in [-0.2, 0) is 19.6 Å². The lowest BCUT2D eigenvalue weighted by Crippen LogP contribution is -2.39. The second kappa shape index (κ2) is 9.52. The first-order valence-electron chi connectivity index (χ1n) is 7.91. The number of carbonyl (C=O) groups is 1. The van der Waals surface area contributed by atoms with Gasteiger partial charge in [0, 0.05) is 31.4 Å². The van der Waals surface area contributed by atoms with E-state index in [1.807, 2.05) is 0 Å². The molecular weight excluding hydrogens is 417 g/mol. The van der Waals surface area contributed by atoms with Crippen LogP contribution in [0.3, 0.4) is 0 Å². The highest BCUT2D eigenvalue weighted by Crippen LogP contribution is 2.28. The molecule has 8 nitrogen and oxygen atoms in total. The van der Waals surface area contributed by atoms with Crippen molar-refractivity contribution in [3.05, 3.63) is 40.1 Å². The second-order valence-electron chi connectivity index (χ2n) is 5.63. The number of aromatic nitrogens is 1. The van der Waals surface area contributed by atoms with Crippen molar-refractivity contribution in [2.24, 2.45) is 0 Å². The Kier molecular flexibility index (Phi) is 7.63.